The summed E-state index contributed by atoms with van der Waals surface area (Å²) in [5.41, 5.74) is 4.09. The summed E-state index contributed by atoms with van der Waals surface area (Å²) in [6.45, 7) is 5.15. The summed E-state index contributed by atoms with van der Waals surface area (Å²) in [5.74, 6) is 1.29. The van der Waals surface area contributed by atoms with Crippen LogP contribution in [-0.4, -0.2) is 37.4 Å². The van der Waals surface area contributed by atoms with Crippen LogP contribution in [0, 0.1) is 18.3 Å². The molecule has 32 heavy (non-hydrogen) atoms. The maximum atomic E-state index is 12.4. The van der Waals surface area contributed by atoms with Crippen molar-refractivity contribution in [3.63, 3.8) is 0 Å². The predicted octanol–water partition coefficient (Wildman–Crippen LogP) is 4.77. The number of nitriles is 1. The van der Waals surface area contributed by atoms with Crippen LogP contribution in [0.4, 0.5) is 16.3 Å². The molecule has 1 fully saturated rings. The Labute approximate surface area is 187 Å². The van der Waals surface area contributed by atoms with Crippen molar-refractivity contribution in [3.8, 4) is 22.9 Å². The molecule has 1 saturated heterocycles. The Bertz CT molecular complexity index is 1110. The number of carbonyl (C=O) groups excluding carboxylic acids is 1. The first-order valence-corrected chi connectivity index (χ1v) is 10.5. The molecule has 0 spiro atoms. The standard InChI is InChI=1S/C25H24N4O3/c1-18-3-9-22(15-23(18)20-6-4-19(16-26)5-7-20)32-25(30)28-21-8-10-24(27-17-21)29-11-2-13-31-14-12-29/h3-10,15,17H,2,11-14H2,1H3,(H,28,30). The first-order valence-electron chi connectivity index (χ1n) is 10.5. The molecule has 1 aliphatic heterocycles. The van der Waals surface area contributed by atoms with Gasteiger partial charge >= 0.3 is 6.09 Å². The molecule has 1 amide bonds. The number of anilines is 2. The maximum absolute atomic E-state index is 12.4. The molecular weight excluding hydrogens is 404 g/mol. The lowest BCUT2D eigenvalue weighted by Gasteiger charge is -2.20. The van der Waals surface area contributed by atoms with Crippen LogP contribution in [0.15, 0.2) is 60.8 Å². The number of aryl methyl sites for hydroxylation is 1. The highest BCUT2D eigenvalue weighted by molar-refractivity contribution is 5.86. The Morgan fingerprint density at radius 2 is 1.97 bits per heavy atom. The zero-order chi connectivity index (χ0) is 22.3. The molecule has 7 heteroatoms. The van der Waals surface area contributed by atoms with E-state index in [0.717, 1.165) is 48.6 Å². The third-order valence-corrected chi connectivity index (χ3v) is 5.29. The topological polar surface area (TPSA) is 87.5 Å². The lowest BCUT2D eigenvalue weighted by Crippen LogP contribution is -2.26. The lowest BCUT2D eigenvalue weighted by molar-refractivity contribution is 0.152. The van der Waals surface area contributed by atoms with Gasteiger partial charge in [0.05, 0.1) is 30.1 Å². The number of carbonyl (C=O) groups is 1. The average molecular weight is 428 g/mol. The van der Waals surface area contributed by atoms with E-state index in [2.05, 4.69) is 21.3 Å². The third-order valence-electron chi connectivity index (χ3n) is 5.29. The van der Waals surface area contributed by atoms with Crippen LogP contribution in [0.3, 0.4) is 0 Å². The highest BCUT2D eigenvalue weighted by Gasteiger charge is 2.12. The summed E-state index contributed by atoms with van der Waals surface area (Å²) < 4.78 is 11.0. The zero-order valence-electron chi connectivity index (χ0n) is 17.9. The first kappa shape index (κ1) is 21.3. The van der Waals surface area contributed by atoms with Crippen molar-refractivity contribution in [3.05, 3.63) is 71.9 Å². The number of hydrogen-bond acceptors (Lipinski definition) is 6. The first-order chi connectivity index (χ1) is 15.6. The largest absolute Gasteiger partial charge is 0.417 e. The summed E-state index contributed by atoms with van der Waals surface area (Å²) in [5, 5.41) is 11.7. The molecule has 162 valence electrons. The maximum Gasteiger partial charge on any atom is 0.417 e. The normalized spacial score (nSPS) is 13.7. The van der Waals surface area contributed by atoms with E-state index in [-0.39, 0.29) is 0 Å². The average Bonchev–Trinajstić information content (AvgIpc) is 3.11. The van der Waals surface area contributed by atoms with Gasteiger partial charge in [-0.15, -0.1) is 0 Å². The summed E-state index contributed by atoms with van der Waals surface area (Å²) in [7, 11) is 0. The van der Waals surface area contributed by atoms with Crippen LogP contribution in [0.1, 0.15) is 17.5 Å². The van der Waals surface area contributed by atoms with Crippen molar-refractivity contribution < 1.29 is 14.3 Å². The fourth-order valence-electron chi connectivity index (χ4n) is 3.57. The fraction of sp³-hybridized carbons (Fsp3) is 0.240. The van der Waals surface area contributed by atoms with Gasteiger partial charge in [-0.2, -0.15) is 5.26 Å². The minimum atomic E-state index is -0.586. The Kier molecular flexibility index (Phi) is 6.63. The summed E-state index contributed by atoms with van der Waals surface area (Å²) >= 11 is 0. The smallest absolute Gasteiger partial charge is 0.410 e. The fourth-order valence-corrected chi connectivity index (χ4v) is 3.57. The molecule has 0 atom stereocenters. The van der Waals surface area contributed by atoms with Crippen LogP contribution >= 0.6 is 0 Å². The van der Waals surface area contributed by atoms with Gasteiger partial charge in [0.2, 0.25) is 0 Å². The molecule has 1 aromatic heterocycles. The Balaban J connectivity index is 1.41. The summed E-state index contributed by atoms with van der Waals surface area (Å²) in [6, 6.07) is 18.6. The van der Waals surface area contributed by atoms with Crippen molar-refractivity contribution in [1.29, 1.82) is 5.26 Å². The zero-order valence-corrected chi connectivity index (χ0v) is 17.9. The van der Waals surface area contributed by atoms with E-state index in [9.17, 15) is 4.79 Å². The van der Waals surface area contributed by atoms with Crippen LogP contribution in [0.25, 0.3) is 11.1 Å². The van der Waals surface area contributed by atoms with Gasteiger partial charge in [0.15, 0.2) is 0 Å². The SMILES string of the molecule is Cc1ccc(OC(=O)Nc2ccc(N3CCCOCC3)nc2)cc1-c1ccc(C#N)cc1. The summed E-state index contributed by atoms with van der Waals surface area (Å²) in [6.07, 6.45) is 2.01. The monoisotopic (exact) mass is 428 g/mol. The molecule has 2 heterocycles. The number of hydrogen-bond donors (Lipinski definition) is 1. The number of aromatic nitrogens is 1. The van der Waals surface area contributed by atoms with E-state index < -0.39 is 6.09 Å². The van der Waals surface area contributed by atoms with Crippen LogP contribution in [0.2, 0.25) is 0 Å². The molecule has 1 aliphatic rings. The Hall–Kier alpha value is -3.89. The molecule has 0 unspecified atom stereocenters. The van der Waals surface area contributed by atoms with E-state index in [1.807, 2.05) is 43.3 Å². The quantitative estimate of drug-likeness (QED) is 0.644. The van der Waals surface area contributed by atoms with Gasteiger partial charge in [0.25, 0.3) is 0 Å². The van der Waals surface area contributed by atoms with Gasteiger partial charge in [-0.1, -0.05) is 18.2 Å². The predicted molar refractivity (Wildman–Crippen MR) is 123 cm³/mol. The van der Waals surface area contributed by atoms with Crippen molar-refractivity contribution in [2.24, 2.45) is 0 Å². The van der Waals surface area contributed by atoms with Crippen LogP contribution < -0.4 is 15.0 Å². The molecule has 0 radical (unpaired) electrons. The van der Waals surface area contributed by atoms with Gasteiger partial charge < -0.3 is 14.4 Å². The van der Waals surface area contributed by atoms with Gasteiger partial charge in [0.1, 0.15) is 11.6 Å². The third kappa shape index (κ3) is 5.23. The molecule has 3 aromatic rings. The van der Waals surface area contributed by atoms with Gasteiger partial charge in [-0.05, 0) is 66.4 Å². The van der Waals surface area contributed by atoms with Gasteiger partial charge in [-0.3, -0.25) is 5.32 Å². The second-order valence-electron chi connectivity index (χ2n) is 7.54. The minimum absolute atomic E-state index is 0.432. The van der Waals surface area contributed by atoms with Crippen LogP contribution in [0.5, 0.6) is 5.75 Å². The van der Waals surface area contributed by atoms with Crippen molar-refractivity contribution in [1.82, 2.24) is 4.98 Å². The molecule has 1 N–H and O–H groups in total. The molecule has 0 aliphatic carbocycles. The number of nitrogens with zero attached hydrogens (tertiary/aromatic N) is 3. The number of benzene rings is 2. The lowest BCUT2D eigenvalue weighted by atomic mass is 9.99. The Morgan fingerprint density at radius 3 is 2.72 bits per heavy atom. The number of amides is 1. The Morgan fingerprint density at radius 1 is 1.12 bits per heavy atom. The molecule has 2 aromatic carbocycles. The van der Waals surface area contributed by atoms with Crippen molar-refractivity contribution in [2.45, 2.75) is 13.3 Å². The van der Waals surface area contributed by atoms with E-state index >= 15 is 0 Å². The van der Waals surface area contributed by atoms with E-state index in [1.54, 1.807) is 24.4 Å². The highest BCUT2D eigenvalue weighted by Crippen LogP contribution is 2.28. The van der Waals surface area contributed by atoms with Crippen LogP contribution in [-0.2, 0) is 4.74 Å². The van der Waals surface area contributed by atoms with E-state index in [1.165, 1.54) is 0 Å². The van der Waals surface area contributed by atoms with Gasteiger partial charge in [-0.25, -0.2) is 9.78 Å². The van der Waals surface area contributed by atoms with Gasteiger partial charge in [0, 0.05) is 19.7 Å². The molecule has 7 nitrogen and oxygen atoms in total. The van der Waals surface area contributed by atoms with Crippen molar-refractivity contribution in [2.75, 3.05) is 36.5 Å². The molecular formula is C25H24N4O3. The molecule has 0 saturated carbocycles. The second kappa shape index (κ2) is 9.94. The van der Waals surface area contributed by atoms with E-state index in [4.69, 9.17) is 14.7 Å². The second-order valence-corrected chi connectivity index (χ2v) is 7.54. The molecule has 0 bridgehead atoms. The highest BCUT2D eigenvalue weighted by atomic mass is 16.6. The number of pyridine rings is 1. The summed E-state index contributed by atoms with van der Waals surface area (Å²) in [4.78, 5) is 19.0. The number of nitrogens with one attached hydrogen (secondary N) is 1. The minimum Gasteiger partial charge on any atom is -0.410 e. The molecule has 4 rings (SSSR count). The van der Waals surface area contributed by atoms with E-state index in [0.29, 0.717) is 23.6 Å². The van der Waals surface area contributed by atoms with Crippen molar-refractivity contribution >= 4 is 17.6 Å². The number of ether oxygens (including phenoxy) is 2. The number of rotatable bonds is 4.